The first kappa shape index (κ1) is 12.1. The second-order valence-electron chi connectivity index (χ2n) is 4.65. The van der Waals surface area contributed by atoms with Crippen molar-refractivity contribution in [3.05, 3.63) is 29.6 Å². The van der Waals surface area contributed by atoms with Crippen LogP contribution < -0.4 is 0 Å². The highest BCUT2D eigenvalue weighted by Crippen LogP contribution is 2.16. The maximum Gasteiger partial charge on any atom is 0.107 e. The van der Waals surface area contributed by atoms with Gasteiger partial charge in [-0.05, 0) is 30.0 Å². The van der Waals surface area contributed by atoms with Crippen LogP contribution in [0, 0.1) is 5.92 Å². The molecule has 1 N–H and O–H groups in total. The lowest BCUT2D eigenvalue weighted by atomic mass is 10.1. The number of aromatic amines is 1. The summed E-state index contributed by atoms with van der Waals surface area (Å²) in [6, 6.07) is 6.42. The zero-order valence-electron chi connectivity index (χ0n) is 10.8. The molecule has 0 aliphatic rings. The van der Waals surface area contributed by atoms with Crippen molar-refractivity contribution in [3.8, 4) is 0 Å². The molecular formula is C14H20N2O. The van der Waals surface area contributed by atoms with Gasteiger partial charge in [0.15, 0.2) is 0 Å². The van der Waals surface area contributed by atoms with Crippen molar-refractivity contribution >= 4 is 11.0 Å². The van der Waals surface area contributed by atoms with Gasteiger partial charge in [0.2, 0.25) is 0 Å². The topological polar surface area (TPSA) is 37.9 Å². The number of ether oxygens (including phenoxy) is 1. The number of nitrogens with one attached hydrogen (secondary N) is 1. The molecule has 1 aromatic carbocycles. The Morgan fingerprint density at radius 3 is 2.94 bits per heavy atom. The van der Waals surface area contributed by atoms with E-state index in [1.165, 1.54) is 5.56 Å². The minimum absolute atomic E-state index is 0.492. The fourth-order valence-electron chi connectivity index (χ4n) is 2.10. The van der Waals surface area contributed by atoms with Crippen LogP contribution in [0.4, 0.5) is 0 Å². The maximum atomic E-state index is 5.14. The molecule has 1 heterocycles. The lowest BCUT2D eigenvalue weighted by molar-refractivity contribution is 0.159. The van der Waals surface area contributed by atoms with Gasteiger partial charge in [0, 0.05) is 20.1 Å². The molecule has 0 saturated heterocycles. The largest absolute Gasteiger partial charge is 0.384 e. The Balaban J connectivity index is 2.19. The van der Waals surface area contributed by atoms with Crippen LogP contribution in [0.25, 0.3) is 11.0 Å². The van der Waals surface area contributed by atoms with Crippen LogP contribution in [0.5, 0.6) is 0 Å². The molecule has 0 radical (unpaired) electrons. The average Bonchev–Trinajstić information content (AvgIpc) is 2.69. The lowest BCUT2D eigenvalue weighted by Gasteiger charge is -2.06. The highest BCUT2D eigenvalue weighted by atomic mass is 16.5. The van der Waals surface area contributed by atoms with E-state index >= 15 is 0 Å². The van der Waals surface area contributed by atoms with Crippen LogP contribution in [0.2, 0.25) is 0 Å². The molecule has 0 saturated carbocycles. The minimum Gasteiger partial charge on any atom is -0.384 e. The predicted octanol–water partition coefficient (Wildman–Crippen LogP) is 2.95. The molecule has 92 valence electrons. The monoisotopic (exact) mass is 232 g/mol. The number of methoxy groups -OCH3 is 1. The summed E-state index contributed by atoms with van der Waals surface area (Å²) in [6.07, 6.45) is 1.99. The molecule has 0 aliphatic carbocycles. The molecule has 3 nitrogen and oxygen atoms in total. The van der Waals surface area contributed by atoms with Crippen molar-refractivity contribution in [1.82, 2.24) is 9.97 Å². The van der Waals surface area contributed by atoms with Gasteiger partial charge >= 0.3 is 0 Å². The molecule has 1 aromatic heterocycles. The van der Waals surface area contributed by atoms with Crippen LogP contribution in [0.15, 0.2) is 18.2 Å². The first-order valence-electron chi connectivity index (χ1n) is 6.19. The number of imidazole rings is 1. The predicted molar refractivity (Wildman–Crippen MR) is 70.2 cm³/mol. The van der Waals surface area contributed by atoms with Crippen molar-refractivity contribution < 1.29 is 4.74 Å². The summed E-state index contributed by atoms with van der Waals surface area (Å²) in [5, 5.41) is 0. The average molecular weight is 232 g/mol. The Bertz CT molecular complexity index is 490. The number of aryl methyl sites for hydroxylation is 1. The van der Waals surface area contributed by atoms with E-state index in [-0.39, 0.29) is 0 Å². The molecule has 0 bridgehead atoms. The number of H-pyrrole nitrogens is 1. The molecule has 3 heteroatoms. The number of benzene rings is 1. The lowest BCUT2D eigenvalue weighted by Crippen LogP contribution is -2.07. The van der Waals surface area contributed by atoms with Crippen molar-refractivity contribution in [3.63, 3.8) is 0 Å². The van der Waals surface area contributed by atoms with E-state index in [1.54, 1.807) is 7.11 Å². The fourth-order valence-corrected chi connectivity index (χ4v) is 2.10. The molecule has 1 unspecified atom stereocenters. The van der Waals surface area contributed by atoms with E-state index < -0.39 is 0 Å². The first-order valence-corrected chi connectivity index (χ1v) is 6.19. The van der Waals surface area contributed by atoms with Gasteiger partial charge in [-0.25, -0.2) is 4.98 Å². The summed E-state index contributed by atoms with van der Waals surface area (Å²) < 4.78 is 5.14. The van der Waals surface area contributed by atoms with Crippen molar-refractivity contribution in [2.24, 2.45) is 5.92 Å². The number of rotatable bonds is 5. The molecule has 17 heavy (non-hydrogen) atoms. The van der Waals surface area contributed by atoms with Gasteiger partial charge in [-0.1, -0.05) is 19.9 Å². The van der Waals surface area contributed by atoms with Gasteiger partial charge in [0.25, 0.3) is 0 Å². The Hall–Kier alpha value is -1.35. The minimum atomic E-state index is 0.492. The molecule has 2 aromatic rings. The second kappa shape index (κ2) is 5.32. The van der Waals surface area contributed by atoms with Crippen LogP contribution in [0.1, 0.15) is 25.2 Å². The highest BCUT2D eigenvalue weighted by Gasteiger charge is 2.08. The Morgan fingerprint density at radius 2 is 2.24 bits per heavy atom. The van der Waals surface area contributed by atoms with E-state index in [1.807, 2.05) is 0 Å². The SMILES string of the molecule is CCc1ccc2nc(CC(C)COC)[nH]c2c1. The molecule has 0 amide bonds. The third kappa shape index (κ3) is 2.86. The van der Waals surface area contributed by atoms with Gasteiger partial charge < -0.3 is 9.72 Å². The summed E-state index contributed by atoms with van der Waals surface area (Å²) in [7, 11) is 1.74. The molecule has 0 fully saturated rings. The summed E-state index contributed by atoms with van der Waals surface area (Å²) in [6.45, 7) is 5.12. The van der Waals surface area contributed by atoms with E-state index in [0.29, 0.717) is 5.92 Å². The van der Waals surface area contributed by atoms with Crippen molar-refractivity contribution in [2.75, 3.05) is 13.7 Å². The van der Waals surface area contributed by atoms with E-state index in [0.717, 1.165) is 36.3 Å². The standard InChI is InChI=1S/C14H20N2O/c1-4-11-5-6-12-13(8-11)16-14(15-12)7-10(2)9-17-3/h5-6,8,10H,4,7,9H2,1-3H3,(H,15,16). The molecule has 0 aliphatic heterocycles. The smallest absolute Gasteiger partial charge is 0.107 e. The first-order chi connectivity index (χ1) is 8.22. The third-order valence-corrected chi connectivity index (χ3v) is 3.00. The quantitative estimate of drug-likeness (QED) is 0.860. The van der Waals surface area contributed by atoms with Crippen LogP contribution >= 0.6 is 0 Å². The van der Waals surface area contributed by atoms with Gasteiger partial charge in [-0.3, -0.25) is 0 Å². The normalized spacial score (nSPS) is 13.1. The number of hydrogen-bond acceptors (Lipinski definition) is 2. The van der Waals surface area contributed by atoms with Crippen LogP contribution in [-0.2, 0) is 17.6 Å². The van der Waals surface area contributed by atoms with Gasteiger partial charge in [-0.2, -0.15) is 0 Å². The molecule has 0 spiro atoms. The van der Waals surface area contributed by atoms with Gasteiger partial charge in [0.05, 0.1) is 11.0 Å². The molecule has 2 rings (SSSR count). The summed E-state index contributed by atoms with van der Waals surface area (Å²) in [4.78, 5) is 7.99. The molecule has 1 atom stereocenters. The van der Waals surface area contributed by atoms with Crippen molar-refractivity contribution in [1.29, 1.82) is 0 Å². The second-order valence-corrected chi connectivity index (χ2v) is 4.65. The van der Waals surface area contributed by atoms with Gasteiger partial charge in [0.1, 0.15) is 5.82 Å². The maximum absolute atomic E-state index is 5.14. The summed E-state index contributed by atoms with van der Waals surface area (Å²) in [5.74, 6) is 1.55. The Kier molecular flexibility index (Phi) is 3.79. The highest BCUT2D eigenvalue weighted by molar-refractivity contribution is 5.75. The van der Waals surface area contributed by atoms with E-state index in [2.05, 4.69) is 42.0 Å². The summed E-state index contributed by atoms with van der Waals surface area (Å²) in [5.41, 5.74) is 3.54. The fraction of sp³-hybridized carbons (Fsp3) is 0.500. The van der Waals surface area contributed by atoms with Crippen molar-refractivity contribution in [2.45, 2.75) is 26.7 Å². The number of fused-ring (bicyclic) bond motifs is 1. The number of aromatic nitrogens is 2. The zero-order chi connectivity index (χ0) is 12.3. The zero-order valence-corrected chi connectivity index (χ0v) is 10.8. The number of nitrogens with zero attached hydrogens (tertiary/aromatic N) is 1. The Morgan fingerprint density at radius 1 is 1.41 bits per heavy atom. The number of hydrogen-bond donors (Lipinski definition) is 1. The van der Waals surface area contributed by atoms with Gasteiger partial charge in [-0.15, -0.1) is 0 Å². The molecular weight excluding hydrogens is 212 g/mol. The van der Waals surface area contributed by atoms with E-state index in [4.69, 9.17) is 4.74 Å². The van der Waals surface area contributed by atoms with Crippen LogP contribution in [-0.4, -0.2) is 23.7 Å². The third-order valence-electron chi connectivity index (χ3n) is 3.00. The van der Waals surface area contributed by atoms with Crippen LogP contribution in [0.3, 0.4) is 0 Å². The summed E-state index contributed by atoms with van der Waals surface area (Å²) >= 11 is 0. The Labute approximate surface area is 102 Å². The van der Waals surface area contributed by atoms with E-state index in [9.17, 15) is 0 Å².